The van der Waals surface area contributed by atoms with Crippen LogP contribution in [0.3, 0.4) is 0 Å². The van der Waals surface area contributed by atoms with E-state index in [2.05, 4.69) is 14.0 Å². The third-order valence-corrected chi connectivity index (χ3v) is 5.59. The number of ether oxygens (including phenoxy) is 2. The molecule has 2 heterocycles. The number of rotatable bonds is 6. The molecule has 0 saturated carbocycles. The van der Waals surface area contributed by atoms with Gasteiger partial charge in [0, 0.05) is 12.0 Å². The first-order chi connectivity index (χ1) is 14.9. The number of amidine groups is 1. The molecule has 0 unspecified atom stereocenters. The molecule has 1 N–H and O–H groups in total. The largest absolute Gasteiger partial charge is 0.435 e. The molecule has 9 heteroatoms. The van der Waals surface area contributed by atoms with E-state index in [0.29, 0.717) is 17.8 Å². The Hall–Kier alpha value is -2.81. The van der Waals surface area contributed by atoms with E-state index in [1.54, 1.807) is 29.2 Å². The highest BCUT2D eigenvalue weighted by atomic mass is 19.3. The topological polar surface area (TPSA) is 44.9 Å². The monoisotopic (exact) mass is 439 g/mol. The van der Waals surface area contributed by atoms with Crippen molar-refractivity contribution in [3.63, 3.8) is 0 Å². The molecule has 0 aromatic heterocycles. The minimum Gasteiger partial charge on any atom is -0.435 e. The molecule has 2 aromatic carbocycles. The molecule has 0 amide bonds. The van der Waals surface area contributed by atoms with Gasteiger partial charge in [0.1, 0.15) is 17.2 Å². The third kappa shape index (κ3) is 4.46. The summed E-state index contributed by atoms with van der Waals surface area (Å²) in [5.74, 6) is 0.968. The minimum absolute atomic E-state index is 0.00238. The number of anilines is 1. The molecule has 0 radical (unpaired) electrons. The number of hydrogen-bond acceptors (Lipinski definition) is 4. The summed E-state index contributed by atoms with van der Waals surface area (Å²) in [7, 11) is 0. The summed E-state index contributed by atoms with van der Waals surface area (Å²) >= 11 is 0. The lowest BCUT2D eigenvalue weighted by Crippen LogP contribution is -2.47. The van der Waals surface area contributed by atoms with Gasteiger partial charge in [-0.25, -0.2) is 0 Å². The van der Waals surface area contributed by atoms with E-state index < -0.39 is 18.9 Å². The molecule has 2 aliphatic heterocycles. The van der Waals surface area contributed by atoms with Crippen LogP contribution in [-0.4, -0.2) is 41.8 Å². The van der Waals surface area contributed by atoms with Crippen LogP contribution in [0, 0.1) is 0 Å². The summed E-state index contributed by atoms with van der Waals surface area (Å²) in [5, 5.41) is 11.8. The standard InChI is InChI=1S/C22H23F4N2O3/c23-20(24)30-17-9-5-15(6-10-17)22(29)14-27-13-3-1-2-4-19(27)28(22)16-7-11-18(12-8-16)31-21(25)26/h5-12,20-21,29H,1-4,13-14H2/q+1/t22-/m0/s1. The summed E-state index contributed by atoms with van der Waals surface area (Å²) in [5.41, 5.74) is -0.319. The molecular formula is C22H23F4N2O3+. The molecule has 0 bridgehead atoms. The quantitative estimate of drug-likeness (QED) is 0.530. The number of alkyl halides is 4. The second-order valence-electron chi connectivity index (χ2n) is 7.58. The highest BCUT2D eigenvalue weighted by molar-refractivity contribution is 5.97. The Morgan fingerprint density at radius 3 is 2.00 bits per heavy atom. The van der Waals surface area contributed by atoms with Crippen molar-refractivity contribution < 1.29 is 36.7 Å². The van der Waals surface area contributed by atoms with Crippen molar-refractivity contribution in [2.24, 2.45) is 0 Å². The van der Waals surface area contributed by atoms with E-state index in [1.165, 1.54) is 24.3 Å². The third-order valence-electron chi connectivity index (χ3n) is 5.59. The lowest BCUT2D eigenvalue weighted by molar-refractivity contribution is -0.534. The Balaban J connectivity index is 1.70. The number of halogens is 4. The second kappa shape index (κ2) is 8.74. The summed E-state index contributed by atoms with van der Waals surface area (Å²) in [6, 6.07) is 12.0. The molecule has 166 valence electrons. The first kappa shape index (κ1) is 21.4. The maximum Gasteiger partial charge on any atom is 0.387 e. The van der Waals surface area contributed by atoms with Crippen LogP contribution in [-0.2, 0) is 5.72 Å². The lowest BCUT2D eigenvalue weighted by atomic mass is 9.99. The van der Waals surface area contributed by atoms with Gasteiger partial charge < -0.3 is 14.6 Å². The van der Waals surface area contributed by atoms with E-state index in [0.717, 1.165) is 38.1 Å². The summed E-state index contributed by atoms with van der Waals surface area (Å²) < 4.78 is 60.9. The van der Waals surface area contributed by atoms with Crippen LogP contribution in [0.1, 0.15) is 31.2 Å². The van der Waals surface area contributed by atoms with Gasteiger partial charge in [0.2, 0.25) is 0 Å². The lowest BCUT2D eigenvalue weighted by Gasteiger charge is -2.29. The van der Waals surface area contributed by atoms with Crippen LogP contribution in [0.4, 0.5) is 23.2 Å². The van der Waals surface area contributed by atoms with E-state index in [1.807, 2.05) is 0 Å². The smallest absolute Gasteiger partial charge is 0.387 e. The van der Waals surface area contributed by atoms with Crippen molar-refractivity contribution in [3.05, 3.63) is 54.1 Å². The summed E-state index contributed by atoms with van der Waals surface area (Å²) in [4.78, 5) is 1.80. The number of nitrogens with zero attached hydrogens (tertiary/aromatic N) is 2. The minimum atomic E-state index is -2.93. The zero-order valence-corrected chi connectivity index (χ0v) is 16.7. The Bertz CT molecular complexity index is 935. The van der Waals surface area contributed by atoms with Gasteiger partial charge in [-0.3, -0.25) is 4.58 Å². The van der Waals surface area contributed by atoms with Gasteiger partial charge in [-0.15, -0.1) is 0 Å². The van der Waals surface area contributed by atoms with Crippen molar-refractivity contribution in [1.29, 1.82) is 0 Å². The van der Waals surface area contributed by atoms with E-state index >= 15 is 0 Å². The Kier molecular flexibility index (Phi) is 6.04. The van der Waals surface area contributed by atoms with Crippen molar-refractivity contribution in [2.45, 2.75) is 44.6 Å². The predicted octanol–water partition coefficient (Wildman–Crippen LogP) is 4.54. The first-order valence-corrected chi connectivity index (χ1v) is 10.1. The number of aliphatic hydroxyl groups is 1. The SMILES string of the molecule is O[C@]1(c2ccc(OC(F)F)cc2)C[N+]2=C(CCCCC2)N1c1ccc(OC(F)F)cc1. The van der Waals surface area contributed by atoms with Crippen molar-refractivity contribution in [3.8, 4) is 11.5 Å². The van der Waals surface area contributed by atoms with Crippen LogP contribution in [0.25, 0.3) is 0 Å². The fourth-order valence-corrected chi connectivity index (χ4v) is 4.29. The normalized spacial score (nSPS) is 21.5. The second-order valence-corrected chi connectivity index (χ2v) is 7.58. The molecule has 2 aliphatic rings. The van der Waals surface area contributed by atoms with Gasteiger partial charge in [-0.05, 0) is 67.8 Å². The van der Waals surface area contributed by atoms with Crippen molar-refractivity contribution >= 4 is 11.5 Å². The summed E-state index contributed by atoms with van der Waals surface area (Å²) in [6.45, 7) is -4.77. The van der Waals surface area contributed by atoms with E-state index in [4.69, 9.17) is 0 Å². The van der Waals surface area contributed by atoms with Crippen molar-refractivity contribution in [1.82, 2.24) is 0 Å². The van der Waals surface area contributed by atoms with Crippen LogP contribution >= 0.6 is 0 Å². The predicted molar refractivity (Wildman–Crippen MR) is 106 cm³/mol. The Morgan fingerprint density at radius 1 is 0.839 bits per heavy atom. The van der Waals surface area contributed by atoms with E-state index in [-0.39, 0.29) is 11.5 Å². The highest BCUT2D eigenvalue weighted by Gasteiger charge is 2.54. The van der Waals surface area contributed by atoms with E-state index in [9.17, 15) is 22.7 Å². The van der Waals surface area contributed by atoms with Crippen molar-refractivity contribution in [2.75, 3.05) is 18.0 Å². The molecule has 0 aliphatic carbocycles. The average Bonchev–Trinajstić information content (AvgIpc) is 2.85. The van der Waals surface area contributed by atoms with Gasteiger partial charge in [-0.2, -0.15) is 22.5 Å². The fraction of sp³-hybridized carbons (Fsp3) is 0.409. The Morgan fingerprint density at radius 2 is 1.42 bits per heavy atom. The molecule has 0 saturated heterocycles. The highest BCUT2D eigenvalue weighted by Crippen LogP contribution is 2.39. The molecule has 5 nitrogen and oxygen atoms in total. The number of hydrogen-bond donors (Lipinski definition) is 1. The van der Waals surface area contributed by atoms with Crippen LogP contribution in [0.2, 0.25) is 0 Å². The van der Waals surface area contributed by atoms with Crippen LogP contribution in [0.5, 0.6) is 11.5 Å². The van der Waals surface area contributed by atoms with Crippen LogP contribution < -0.4 is 14.4 Å². The summed E-state index contributed by atoms with van der Waals surface area (Å²) in [6.07, 6.45) is 3.79. The number of benzene rings is 2. The molecular weight excluding hydrogens is 416 g/mol. The molecule has 0 fully saturated rings. The average molecular weight is 439 g/mol. The molecule has 0 spiro atoms. The zero-order valence-electron chi connectivity index (χ0n) is 16.7. The van der Waals surface area contributed by atoms with Crippen LogP contribution in [0.15, 0.2) is 48.5 Å². The fourth-order valence-electron chi connectivity index (χ4n) is 4.29. The first-order valence-electron chi connectivity index (χ1n) is 10.1. The molecule has 1 atom stereocenters. The van der Waals surface area contributed by atoms with Gasteiger partial charge in [0.25, 0.3) is 11.6 Å². The van der Waals surface area contributed by atoms with Gasteiger partial charge in [0.05, 0.1) is 6.54 Å². The Labute approximate surface area is 177 Å². The molecule has 2 aromatic rings. The van der Waals surface area contributed by atoms with Gasteiger partial charge in [-0.1, -0.05) is 0 Å². The van der Waals surface area contributed by atoms with Gasteiger partial charge in [0.15, 0.2) is 6.54 Å². The molecule has 4 rings (SSSR count). The van der Waals surface area contributed by atoms with Gasteiger partial charge >= 0.3 is 13.2 Å². The maximum absolute atomic E-state index is 12.5. The zero-order chi connectivity index (χ0) is 22.0. The molecule has 31 heavy (non-hydrogen) atoms. The maximum atomic E-state index is 12.5.